The number of aliphatic hydroxyl groups excluding tert-OH is 1. The van der Waals surface area contributed by atoms with Gasteiger partial charge in [0.25, 0.3) is 0 Å². The molecular formula is C12H21NO. The van der Waals surface area contributed by atoms with Crippen LogP contribution < -0.4 is 5.32 Å². The van der Waals surface area contributed by atoms with Gasteiger partial charge in [-0.15, -0.1) is 0 Å². The highest BCUT2D eigenvalue weighted by Crippen LogP contribution is 2.16. The minimum atomic E-state index is 0.0448. The lowest BCUT2D eigenvalue weighted by atomic mass is 9.99. The summed E-state index contributed by atoms with van der Waals surface area (Å²) in [4.78, 5) is 0. The average molecular weight is 195 g/mol. The summed E-state index contributed by atoms with van der Waals surface area (Å²) >= 11 is 0. The molecule has 2 nitrogen and oxygen atoms in total. The Morgan fingerprint density at radius 1 is 1.43 bits per heavy atom. The van der Waals surface area contributed by atoms with Gasteiger partial charge in [-0.2, -0.15) is 0 Å². The Kier molecular flexibility index (Phi) is 5.97. The summed E-state index contributed by atoms with van der Waals surface area (Å²) in [6.45, 7) is 13.9. The smallest absolute Gasteiger partial charge is 0.0630 e. The van der Waals surface area contributed by atoms with Crippen molar-refractivity contribution in [2.75, 3.05) is 6.61 Å². The van der Waals surface area contributed by atoms with Gasteiger partial charge < -0.3 is 10.4 Å². The molecule has 2 heteroatoms. The van der Waals surface area contributed by atoms with Crippen LogP contribution in [0, 0.1) is 5.92 Å². The normalized spacial score (nSPS) is 15.1. The monoisotopic (exact) mass is 195 g/mol. The van der Waals surface area contributed by atoms with E-state index in [0.29, 0.717) is 0 Å². The molecule has 14 heavy (non-hydrogen) atoms. The van der Waals surface area contributed by atoms with Gasteiger partial charge in [0, 0.05) is 17.7 Å². The summed E-state index contributed by atoms with van der Waals surface area (Å²) in [6.07, 6.45) is 3.93. The number of hydrogen-bond donors (Lipinski definition) is 2. The summed E-state index contributed by atoms with van der Waals surface area (Å²) in [5.74, 6) is 0.195. The maximum absolute atomic E-state index is 8.87. The first kappa shape index (κ1) is 13.0. The molecule has 0 spiro atoms. The number of aliphatic hydroxyl groups is 1. The standard InChI is InChI=1S/C12H21NO/c1-6-7-9(2)11(4)12(5)13-10(3)8-14/h6-7,10-11,13-14H,2,5,8H2,1,3-4H3/b7-6-. The zero-order chi connectivity index (χ0) is 11.1. The quantitative estimate of drug-likeness (QED) is 0.637. The lowest BCUT2D eigenvalue weighted by Gasteiger charge is -2.20. The SMILES string of the molecule is C=C(/C=C\C)C(C)C(=C)NC(C)CO. The molecule has 80 valence electrons. The predicted molar refractivity (Wildman–Crippen MR) is 61.9 cm³/mol. The van der Waals surface area contributed by atoms with E-state index >= 15 is 0 Å². The van der Waals surface area contributed by atoms with E-state index in [9.17, 15) is 0 Å². The predicted octanol–water partition coefficient (Wildman–Crippen LogP) is 2.24. The summed E-state index contributed by atoms with van der Waals surface area (Å²) in [6, 6.07) is 0.0448. The molecule has 2 unspecified atom stereocenters. The first-order valence-electron chi connectivity index (χ1n) is 4.90. The van der Waals surface area contributed by atoms with E-state index in [0.717, 1.165) is 11.3 Å². The largest absolute Gasteiger partial charge is 0.394 e. The molecule has 0 aromatic carbocycles. The number of hydrogen-bond acceptors (Lipinski definition) is 2. The molecule has 0 amide bonds. The molecule has 2 N–H and O–H groups in total. The van der Waals surface area contributed by atoms with Crippen LogP contribution in [-0.4, -0.2) is 17.8 Å². The van der Waals surface area contributed by atoms with Crippen LogP contribution >= 0.6 is 0 Å². The third-order valence-corrected chi connectivity index (χ3v) is 2.17. The lowest BCUT2D eigenvalue weighted by molar-refractivity contribution is 0.257. The highest BCUT2D eigenvalue weighted by Gasteiger charge is 2.10. The van der Waals surface area contributed by atoms with E-state index in [2.05, 4.69) is 18.5 Å². The van der Waals surface area contributed by atoms with Gasteiger partial charge in [-0.3, -0.25) is 0 Å². The first-order valence-corrected chi connectivity index (χ1v) is 4.90. The maximum atomic E-state index is 8.87. The van der Waals surface area contributed by atoms with Gasteiger partial charge in [-0.1, -0.05) is 32.2 Å². The summed E-state index contributed by atoms with van der Waals surface area (Å²) in [7, 11) is 0. The highest BCUT2D eigenvalue weighted by atomic mass is 16.3. The summed E-state index contributed by atoms with van der Waals surface area (Å²) in [5, 5.41) is 12.0. The molecule has 0 fully saturated rings. The Morgan fingerprint density at radius 3 is 2.43 bits per heavy atom. The Morgan fingerprint density at radius 2 is 2.00 bits per heavy atom. The van der Waals surface area contributed by atoms with Crippen molar-refractivity contribution in [2.24, 2.45) is 5.92 Å². The van der Waals surface area contributed by atoms with E-state index in [-0.39, 0.29) is 18.6 Å². The Bertz CT molecular complexity index is 230. The van der Waals surface area contributed by atoms with Crippen LogP contribution in [0.5, 0.6) is 0 Å². The molecule has 0 heterocycles. The van der Waals surface area contributed by atoms with E-state index in [4.69, 9.17) is 5.11 Å². The van der Waals surface area contributed by atoms with Crippen molar-refractivity contribution in [1.82, 2.24) is 5.32 Å². The van der Waals surface area contributed by atoms with Crippen molar-refractivity contribution in [3.05, 3.63) is 36.6 Å². The van der Waals surface area contributed by atoms with Crippen LogP contribution in [0.2, 0.25) is 0 Å². The van der Waals surface area contributed by atoms with E-state index in [1.54, 1.807) is 0 Å². The van der Waals surface area contributed by atoms with Crippen molar-refractivity contribution in [3.8, 4) is 0 Å². The topological polar surface area (TPSA) is 32.3 Å². The van der Waals surface area contributed by atoms with Gasteiger partial charge in [0.1, 0.15) is 0 Å². The zero-order valence-electron chi connectivity index (χ0n) is 9.38. The average Bonchev–Trinajstić information content (AvgIpc) is 2.16. The molecule has 0 aromatic rings. The number of nitrogens with one attached hydrogen (secondary N) is 1. The van der Waals surface area contributed by atoms with Gasteiger partial charge in [0.05, 0.1) is 6.61 Å². The van der Waals surface area contributed by atoms with Crippen LogP contribution in [0.3, 0.4) is 0 Å². The van der Waals surface area contributed by atoms with Gasteiger partial charge in [0.15, 0.2) is 0 Å². The Labute approximate surface area is 87.0 Å². The second-order valence-electron chi connectivity index (χ2n) is 3.55. The minimum Gasteiger partial charge on any atom is -0.394 e. The van der Waals surface area contributed by atoms with Crippen LogP contribution in [-0.2, 0) is 0 Å². The van der Waals surface area contributed by atoms with Crippen LogP contribution in [0.4, 0.5) is 0 Å². The zero-order valence-corrected chi connectivity index (χ0v) is 9.38. The molecular weight excluding hydrogens is 174 g/mol. The van der Waals surface area contributed by atoms with Crippen molar-refractivity contribution in [3.63, 3.8) is 0 Å². The van der Waals surface area contributed by atoms with Crippen molar-refractivity contribution < 1.29 is 5.11 Å². The molecule has 0 aliphatic rings. The number of allylic oxidation sites excluding steroid dienone is 3. The third kappa shape index (κ3) is 4.28. The fourth-order valence-corrected chi connectivity index (χ4v) is 1.07. The van der Waals surface area contributed by atoms with E-state index < -0.39 is 0 Å². The number of rotatable bonds is 6. The highest BCUT2D eigenvalue weighted by molar-refractivity contribution is 5.24. The summed E-state index contributed by atoms with van der Waals surface area (Å²) in [5.41, 5.74) is 1.92. The summed E-state index contributed by atoms with van der Waals surface area (Å²) < 4.78 is 0. The van der Waals surface area contributed by atoms with Crippen molar-refractivity contribution in [2.45, 2.75) is 26.8 Å². The fraction of sp³-hybridized carbons (Fsp3) is 0.500. The Balaban J connectivity index is 4.18. The van der Waals surface area contributed by atoms with E-state index in [1.807, 2.05) is 32.9 Å². The van der Waals surface area contributed by atoms with Gasteiger partial charge in [-0.05, 0) is 19.4 Å². The van der Waals surface area contributed by atoms with Gasteiger partial charge in [-0.25, -0.2) is 0 Å². The van der Waals surface area contributed by atoms with Crippen LogP contribution in [0.25, 0.3) is 0 Å². The second kappa shape index (κ2) is 6.44. The van der Waals surface area contributed by atoms with Gasteiger partial charge in [0.2, 0.25) is 0 Å². The molecule has 0 saturated heterocycles. The Hall–Kier alpha value is -1.02. The molecule has 0 bridgehead atoms. The molecule has 0 aliphatic carbocycles. The van der Waals surface area contributed by atoms with E-state index in [1.165, 1.54) is 0 Å². The van der Waals surface area contributed by atoms with Crippen molar-refractivity contribution >= 4 is 0 Å². The molecule has 0 radical (unpaired) electrons. The molecule has 0 aliphatic heterocycles. The molecule has 0 aromatic heterocycles. The second-order valence-corrected chi connectivity index (χ2v) is 3.55. The van der Waals surface area contributed by atoms with Gasteiger partial charge >= 0.3 is 0 Å². The van der Waals surface area contributed by atoms with Crippen molar-refractivity contribution in [1.29, 1.82) is 0 Å². The lowest BCUT2D eigenvalue weighted by Crippen LogP contribution is -2.30. The first-order chi connectivity index (χ1) is 6.52. The molecule has 2 atom stereocenters. The fourth-order valence-electron chi connectivity index (χ4n) is 1.07. The molecule has 0 saturated carbocycles. The minimum absolute atomic E-state index is 0.0448. The van der Waals surface area contributed by atoms with Crippen LogP contribution in [0.1, 0.15) is 20.8 Å². The third-order valence-electron chi connectivity index (χ3n) is 2.17. The molecule has 0 rings (SSSR count). The van der Waals surface area contributed by atoms with Crippen LogP contribution in [0.15, 0.2) is 36.6 Å². The maximum Gasteiger partial charge on any atom is 0.0630 e.